The summed E-state index contributed by atoms with van der Waals surface area (Å²) in [5.74, 6) is 0. The maximum Gasteiger partial charge on any atom is 0.431 e. The van der Waals surface area contributed by atoms with E-state index >= 15 is 0 Å². The summed E-state index contributed by atoms with van der Waals surface area (Å²) in [5, 5.41) is 0.304. The molecule has 96 valence electrons. The predicted molar refractivity (Wildman–Crippen MR) is 63.8 cm³/mol. The van der Waals surface area contributed by atoms with Crippen molar-refractivity contribution in [3.8, 4) is 0 Å². The van der Waals surface area contributed by atoms with Crippen molar-refractivity contribution in [1.82, 2.24) is 4.98 Å². The Morgan fingerprint density at radius 1 is 1.11 bits per heavy atom. The number of halogens is 3. The summed E-state index contributed by atoms with van der Waals surface area (Å²) in [7, 11) is 0. The molecule has 0 bridgehead atoms. The van der Waals surface area contributed by atoms with E-state index in [9.17, 15) is 18.0 Å². The van der Waals surface area contributed by atoms with E-state index < -0.39 is 17.3 Å². The van der Waals surface area contributed by atoms with Crippen molar-refractivity contribution in [2.75, 3.05) is 0 Å². The van der Waals surface area contributed by atoms with Crippen LogP contribution in [0.25, 0.3) is 10.9 Å². The van der Waals surface area contributed by atoms with E-state index in [4.69, 9.17) is 0 Å². The molecule has 0 saturated heterocycles. The van der Waals surface area contributed by atoms with E-state index in [1.54, 1.807) is 26.0 Å². The molecule has 2 nitrogen and oxygen atoms in total. The highest BCUT2D eigenvalue weighted by Gasteiger charge is 2.35. The van der Waals surface area contributed by atoms with Gasteiger partial charge in [0.1, 0.15) is 5.69 Å². The Hall–Kier alpha value is -1.78. The second kappa shape index (κ2) is 3.86. The van der Waals surface area contributed by atoms with Crippen molar-refractivity contribution in [1.29, 1.82) is 0 Å². The summed E-state index contributed by atoms with van der Waals surface area (Å²) in [6.07, 6.45) is -4.55. The molecule has 5 heteroatoms. The molecule has 0 fully saturated rings. The molecular weight excluding hydrogens is 243 g/mol. The van der Waals surface area contributed by atoms with E-state index in [0.29, 0.717) is 10.9 Å². The van der Waals surface area contributed by atoms with E-state index in [1.807, 2.05) is 0 Å². The van der Waals surface area contributed by atoms with E-state index in [1.165, 1.54) is 6.92 Å². The number of aryl methyl sites for hydroxylation is 2. The number of rotatable bonds is 0. The second-order valence-corrected chi connectivity index (χ2v) is 4.46. The predicted octanol–water partition coefficient (Wildman–Crippen LogP) is 3.47. The van der Waals surface area contributed by atoms with Gasteiger partial charge in [-0.15, -0.1) is 0 Å². The Morgan fingerprint density at radius 2 is 1.72 bits per heavy atom. The SMILES string of the molecule is Cc1cc(C)c2[nH]c(C(F)(F)F)c(C)c(=O)c2c1. The van der Waals surface area contributed by atoms with E-state index in [0.717, 1.165) is 5.56 Å². The first-order chi connectivity index (χ1) is 8.21. The molecule has 1 aromatic carbocycles. The van der Waals surface area contributed by atoms with Gasteiger partial charge in [0, 0.05) is 10.9 Å². The molecule has 0 radical (unpaired) electrons. The molecule has 0 atom stereocenters. The average molecular weight is 255 g/mol. The van der Waals surface area contributed by atoms with Crippen LogP contribution in [0.15, 0.2) is 16.9 Å². The van der Waals surface area contributed by atoms with Gasteiger partial charge in [-0.05, 0) is 38.0 Å². The minimum atomic E-state index is -4.55. The minimum Gasteiger partial charge on any atom is -0.350 e. The van der Waals surface area contributed by atoms with Crippen LogP contribution in [-0.4, -0.2) is 4.98 Å². The van der Waals surface area contributed by atoms with Crippen molar-refractivity contribution in [2.24, 2.45) is 0 Å². The van der Waals surface area contributed by atoms with Crippen LogP contribution in [0.2, 0.25) is 0 Å². The summed E-state index contributed by atoms with van der Waals surface area (Å²) in [5.41, 5.74) is -0.0874. The molecule has 1 N–H and O–H groups in total. The van der Waals surface area contributed by atoms with Gasteiger partial charge in [-0.2, -0.15) is 13.2 Å². The van der Waals surface area contributed by atoms with E-state index in [2.05, 4.69) is 4.98 Å². The highest BCUT2D eigenvalue weighted by atomic mass is 19.4. The van der Waals surface area contributed by atoms with Crippen molar-refractivity contribution in [2.45, 2.75) is 26.9 Å². The normalized spacial score (nSPS) is 12.1. The number of nitrogens with one attached hydrogen (secondary N) is 1. The molecular formula is C13H12F3NO. The maximum absolute atomic E-state index is 12.8. The summed E-state index contributed by atoms with van der Waals surface area (Å²) in [6.45, 7) is 4.68. The molecule has 0 spiro atoms. The lowest BCUT2D eigenvalue weighted by atomic mass is 10.0. The van der Waals surface area contributed by atoms with Crippen molar-refractivity contribution < 1.29 is 13.2 Å². The molecule has 0 amide bonds. The molecule has 2 aromatic rings. The third-order valence-corrected chi connectivity index (χ3v) is 2.97. The zero-order valence-electron chi connectivity index (χ0n) is 10.2. The first-order valence-electron chi connectivity index (χ1n) is 5.43. The van der Waals surface area contributed by atoms with Crippen molar-refractivity contribution in [3.05, 3.63) is 44.7 Å². The molecule has 0 aliphatic heterocycles. The van der Waals surface area contributed by atoms with Crippen LogP contribution in [0, 0.1) is 20.8 Å². The van der Waals surface area contributed by atoms with Gasteiger partial charge in [0.15, 0.2) is 5.43 Å². The largest absolute Gasteiger partial charge is 0.431 e. The van der Waals surface area contributed by atoms with Crippen LogP contribution >= 0.6 is 0 Å². The number of fused-ring (bicyclic) bond motifs is 1. The molecule has 2 rings (SSSR count). The van der Waals surface area contributed by atoms with Gasteiger partial charge in [-0.1, -0.05) is 6.07 Å². The van der Waals surface area contributed by atoms with Crippen LogP contribution in [-0.2, 0) is 6.18 Å². The Bertz CT molecular complexity index is 683. The third kappa shape index (κ3) is 1.89. The van der Waals surface area contributed by atoms with Crippen molar-refractivity contribution >= 4 is 10.9 Å². The molecule has 0 saturated carbocycles. The lowest BCUT2D eigenvalue weighted by Crippen LogP contribution is -2.19. The fourth-order valence-corrected chi connectivity index (χ4v) is 2.13. The number of hydrogen-bond acceptors (Lipinski definition) is 1. The lowest BCUT2D eigenvalue weighted by Gasteiger charge is -2.13. The number of pyridine rings is 1. The Morgan fingerprint density at radius 3 is 2.28 bits per heavy atom. The molecule has 0 unspecified atom stereocenters. The second-order valence-electron chi connectivity index (χ2n) is 4.46. The van der Waals surface area contributed by atoms with Gasteiger partial charge in [0.05, 0.1) is 5.52 Å². The van der Waals surface area contributed by atoms with Crippen LogP contribution in [0.4, 0.5) is 13.2 Å². The Kier molecular flexibility index (Phi) is 2.72. The topological polar surface area (TPSA) is 32.9 Å². The van der Waals surface area contributed by atoms with Gasteiger partial charge in [0.25, 0.3) is 0 Å². The fraction of sp³-hybridized carbons (Fsp3) is 0.308. The summed E-state index contributed by atoms with van der Waals surface area (Å²) >= 11 is 0. The fourth-order valence-electron chi connectivity index (χ4n) is 2.13. The Labute approximate surface area is 101 Å². The highest BCUT2D eigenvalue weighted by molar-refractivity contribution is 5.83. The van der Waals surface area contributed by atoms with Crippen LogP contribution in [0.1, 0.15) is 22.4 Å². The molecule has 1 heterocycles. The zero-order valence-corrected chi connectivity index (χ0v) is 10.2. The van der Waals surface area contributed by atoms with Crippen molar-refractivity contribution in [3.63, 3.8) is 0 Å². The number of benzene rings is 1. The Balaban J connectivity index is 2.98. The van der Waals surface area contributed by atoms with Gasteiger partial charge in [-0.3, -0.25) is 4.79 Å². The van der Waals surface area contributed by atoms with Crippen LogP contribution in [0.5, 0.6) is 0 Å². The maximum atomic E-state index is 12.8. The van der Waals surface area contributed by atoms with Crippen LogP contribution in [0.3, 0.4) is 0 Å². The standard InChI is InChI=1S/C13H12F3NO/c1-6-4-7(2)10-9(5-6)11(18)8(3)12(17-10)13(14,15)16/h4-5H,1-3H3,(H,17,18). The van der Waals surface area contributed by atoms with Gasteiger partial charge in [0.2, 0.25) is 0 Å². The summed E-state index contributed by atoms with van der Waals surface area (Å²) < 4.78 is 38.4. The first-order valence-corrected chi connectivity index (χ1v) is 5.43. The number of alkyl halides is 3. The minimum absolute atomic E-state index is 0.253. The molecule has 18 heavy (non-hydrogen) atoms. The summed E-state index contributed by atoms with van der Waals surface area (Å²) in [4.78, 5) is 14.3. The van der Waals surface area contributed by atoms with Gasteiger partial charge >= 0.3 is 6.18 Å². The number of aromatic nitrogens is 1. The molecule has 0 aliphatic carbocycles. The number of H-pyrrole nitrogens is 1. The highest BCUT2D eigenvalue weighted by Crippen LogP contribution is 2.30. The summed E-state index contributed by atoms with van der Waals surface area (Å²) in [6, 6.07) is 3.35. The number of aromatic amines is 1. The molecule has 0 aliphatic rings. The lowest BCUT2D eigenvalue weighted by molar-refractivity contribution is -0.141. The number of hydrogen-bond donors (Lipinski definition) is 1. The quantitative estimate of drug-likeness (QED) is 0.768. The van der Waals surface area contributed by atoms with Crippen LogP contribution < -0.4 is 5.43 Å². The molecule has 1 aromatic heterocycles. The van der Waals surface area contributed by atoms with Gasteiger partial charge in [-0.25, -0.2) is 0 Å². The van der Waals surface area contributed by atoms with Gasteiger partial charge < -0.3 is 4.98 Å². The van der Waals surface area contributed by atoms with E-state index in [-0.39, 0.29) is 11.1 Å². The smallest absolute Gasteiger partial charge is 0.350 e. The zero-order chi connectivity index (χ0) is 13.7. The monoisotopic (exact) mass is 255 g/mol. The third-order valence-electron chi connectivity index (χ3n) is 2.97. The average Bonchev–Trinajstić information content (AvgIpc) is 2.22. The first kappa shape index (κ1) is 12.7.